The van der Waals surface area contributed by atoms with Crippen LogP contribution in [0.2, 0.25) is 0 Å². The van der Waals surface area contributed by atoms with Gasteiger partial charge in [0.25, 0.3) is 11.8 Å². The summed E-state index contributed by atoms with van der Waals surface area (Å²) in [7, 11) is 0. The van der Waals surface area contributed by atoms with Crippen molar-refractivity contribution in [1.29, 1.82) is 5.26 Å². The molecule has 1 saturated heterocycles. The number of benzene rings is 1. The van der Waals surface area contributed by atoms with Crippen molar-refractivity contribution in [1.82, 2.24) is 15.3 Å². The summed E-state index contributed by atoms with van der Waals surface area (Å²) in [6.45, 7) is 0. The van der Waals surface area contributed by atoms with E-state index in [0.717, 1.165) is 29.4 Å². The van der Waals surface area contributed by atoms with E-state index in [1.165, 1.54) is 41.4 Å². The number of aliphatic hydroxyl groups excluding tert-OH is 1. The number of halogens is 4. The van der Waals surface area contributed by atoms with E-state index in [0.29, 0.717) is 0 Å². The second-order valence-electron chi connectivity index (χ2n) is 9.96. The lowest BCUT2D eigenvalue weighted by atomic mass is 9.87. The number of aromatic nitrogens is 2. The lowest BCUT2D eigenvalue weighted by molar-refractivity contribution is -0.133. The average molecular weight is 569 g/mol. The molecule has 1 saturated carbocycles. The lowest BCUT2D eigenvalue weighted by Gasteiger charge is -2.39. The van der Waals surface area contributed by atoms with Crippen molar-refractivity contribution in [3.63, 3.8) is 0 Å². The predicted octanol–water partition coefficient (Wildman–Crippen LogP) is 3.60. The summed E-state index contributed by atoms with van der Waals surface area (Å²) in [5.74, 6) is -6.35. The summed E-state index contributed by atoms with van der Waals surface area (Å²) in [6.07, 6.45) is 1.06. The Morgan fingerprint density at radius 1 is 1.15 bits per heavy atom. The van der Waals surface area contributed by atoms with Crippen molar-refractivity contribution < 1.29 is 32.3 Å². The average Bonchev–Trinajstić information content (AvgIpc) is 3.32. The van der Waals surface area contributed by atoms with Crippen LogP contribution in [-0.4, -0.2) is 51.1 Å². The first-order valence-corrected chi connectivity index (χ1v) is 12.8. The number of amides is 2. The lowest BCUT2D eigenvalue weighted by Crippen LogP contribution is -2.56. The van der Waals surface area contributed by atoms with Gasteiger partial charge in [0.1, 0.15) is 35.8 Å². The topological polar surface area (TPSA) is 122 Å². The number of aliphatic hydroxyl groups is 1. The van der Waals surface area contributed by atoms with E-state index in [1.807, 2.05) is 6.07 Å². The van der Waals surface area contributed by atoms with Crippen LogP contribution in [-0.2, 0) is 9.59 Å². The number of alkyl halides is 2. The fourth-order valence-corrected chi connectivity index (χ4v) is 5.21. The standard InChI is InChI=1S/C28H24F4N6O3/c29-17-10-19(15-34-14-17)37(27(41)22-5-6-24(39)38(22)23-9-16(13-33)7-8-35-23)25(20-3-1-2-4-21(20)30)26(40)36-18-11-28(31,32)12-18/h1-4,7-10,14-15,18,22,24-25,39H,5-6,11-12H2,(H,36,40)/t22-,24?,25-/m0/s1. The van der Waals surface area contributed by atoms with Crippen LogP contribution in [0.5, 0.6) is 0 Å². The molecule has 212 valence electrons. The maximum atomic E-state index is 15.2. The van der Waals surface area contributed by atoms with E-state index < -0.39 is 66.6 Å². The Hall–Kier alpha value is -4.57. The molecule has 1 aliphatic carbocycles. The fraction of sp³-hybridized carbons (Fsp3) is 0.321. The van der Waals surface area contributed by atoms with Gasteiger partial charge >= 0.3 is 0 Å². The van der Waals surface area contributed by atoms with Crippen molar-refractivity contribution in [2.75, 3.05) is 9.80 Å². The first-order chi connectivity index (χ1) is 19.6. The van der Waals surface area contributed by atoms with E-state index in [-0.39, 0.29) is 35.5 Å². The Bertz CT molecular complexity index is 1510. The minimum atomic E-state index is -2.96. The van der Waals surface area contributed by atoms with Crippen LogP contribution < -0.4 is 15.1 Å². The highest BCUT2D eigenvalue weighted by Crippen LogP contribution is 2.39. The van der Waals surface area contributed by atoms with E-state index in [2.05, 4.69) is 15.3 Å². The molecule has 0 spiro atoms. The maximum absolute atomic E-state index is 15.2. The Balaban J connectivity index is 1.60. The fourth-order valence-electron chi connectivity index (χ4n) is 5.21. The number of nitriles is 1. The third kappa shape index (κ3) is 5.69. The van der Waals surface area contributed by atoms with Gasteiger partial charge in [0, 0.05) is 36.7 Å². The van der Waals surface area contributed by atoms with Gasteiger partial charge in [-0.2, -0.15) is 5.26 Å². The molecule has 2 amide bonds. The smallest absolute Gasteiger partial charge is 0.252 e. The summed E-state index contributed by atoms with van der Waals surface area (Å²) < 4.78 is 56.7. The highest BCUT2D eigenvalue weighted by Gasteiger charge is 2.48. The van der Waals surface area contributed by atoms with Crippen molar-refractivity contribution in [2.24, 2.45) is 0 Å². The Labute approximate surface area is 232 Å². The van der Waals surface area contributed by atoms with Gasteiger partial charge in [0.15, 0.2) is 0 Å². The number of anilines is 2. The van der Waals surface area contributed by atoms with E-state index in [9.17, 15) is 33.1 Å². The molecule has 5 rings (SSSR count). The van der Waals surface area contributed by atoms with Crippen molar-refractivity contribution in [3.8, 4) is 6.07 Å². The van der Waals surface area contributed by atoms with Crippen LogP contribution in [0.15, 0.2) is 61.1 Å². The highest BCUT2D eigenvalue weighted by molar-refractivity contribution is 6.05. The van der Waals surface area contributed by atoms with Crippen LogP contribution in [0.4, 0.5) is 29.1 Å². The molecule has 2 N–H and O–H groups in total. The van der Waals surface area contributed by atoms with Crippen LogP contribution in [0.25, 0.3) is 0 Å². The third-order valence-corrected chi connectivity index (χ3v) is 7.13. The molecule has 3 atom stereocenters. The Morgan fingerprint density at radius 3 is 2.59 bits per heavy atom. The highest BCUT2D eigenvalue weighted by atomic mass is 19.3. The van der Waals surface area contributed by atoms with Crippen molar-refractivity contribution in [3.05, 3.63) is 83.8 Å². The molecule has 2 fully saturated rings. The molecule has 1 unspecified atom stereocenters. The number of nitrogens with zero attached hydrogens (tertiary/aromatic N) is 5. The molecule has 13 heteroatoms. The van der Waals surface area contributed by atoms with Gasteiger partial charge in [-0.3, -0.25) is 19.5 Å². The van der Waals surface area contributed by atoms with Crippen LogP contribution >= 0.6 is 0 Å². The van der Waals surface area contributed by atoms with Crippen LogP contribution in [0, 0.1) is 23.0 Å². The molecule has 3 aromatic rings. The van der Waals surface area contributed by atoms with E-state index in [4.69, 9.17) is 0 Å². The van der Waals surface area contributed by atoms with Gasteiger partial charge in [-0.05, 0) is 31.0 Å². The maximum Gasteiger partial charge on any atom is 0.252 e. The Morgan fingerprint density at radius 2 is 1.90 bits per heavy atom. The second-order valence-corrected chi connectivity index (χ2v) is 9.96. The number of hydrogen-bond donors (Lipinski definition) is 2. The minimum absolute atomic E-state index is 0.0676. The van der Waals surface area contributed by atoms with Gasteiger partial charge < -0.3 is 15.3 Å². The molecule has 2 aliphatic rings. The largest absolute Gasteiger partial charge is 0.374 e. The van der Waals surface area contributed by atoms with Gasteiger partial charge in [-0.25, -0.2) is 22.5 Å². The van der Waals surface area contributed by atoms with Crippen LogP contribution in [0.1, 0.15) is 42.9 Å². The molecular weight excluding hydrogens is 544 g/mol. The summed E-state index contributed by atoms with van der Waals surface area (Å²) in [4.78, 5) is 38.1. The Kier molecular flexibility index (Phi) is 7.59. The van der Waals surface area contributed by atoms with Gasteiger partial charge in [0.05, 0.1) is 29.7 Å². The van der Waals surface area contributed by atoms with Crippen molar-refractivity contribution >= 4 is 23.3 Å². The first-order valence-electron chi connectivity index (χ1n) is 12.8. The number of hydrogen-bond acceptors (Lipinski definition) is 7. The minimum Gasteiger partial charge on any atom is -0.374 e. The molecule has 2 aromatic heterocycles. The zero-order chi connectivity index (χ0) is 29.3. The quantitative estimate of drug-likeness (QED) is 0.418. The van der Waals surface area contributed by atoms with Gasteiger partial charge in [-0.15, -0.1) is 0 Å². The molecular formula is C28H24F4N6O3. The van der Waals surface area contributed by atoms with Gasteiger partial charge in [0.2, 0.25) is 5.91 Å². The number of pyridine rings is 2. The molecule has 41 heavy (non-hydrogen) atoms. The molecule has 9 nitrogen and oxygen atoms in total. The summed E-state index contributed by atoms with van der Waals surface area (Å²) in [5.41, 5.74) is -0.242. The monoisotopic (exact) mass is 568 g/mol. The number of carbonyl (C=O) groups excluding carboxylic acids is 2. The number of nitrogens with one attached hydrogen (secondary N) is 1. The SMILES string of the molecule is N#Cc1ccnc(N2C(O)CC[C@H]2C(=O)N(c2cncc(F)c2)[C@H](C(=O)NC2CC(F)(F)C2)c2ccccc2F)c1. The molecule has 0 bridgehead atoms. The summed E-state index contributed by atoms with van der Waals surface area (Å²) in [6, 6.07) is 7.01. The number of carbonyl (C=O) groups is 2. The zero-order valence-electron chi connectivity index (χ0n) is 21.4. The molecule has 0 radical (unpaired) electrons. The molecule has 1 aromatic carbocycles. The van der Waals surface area contributed by atoms with Gasteiger partial charge in [-0.1, -0.05) is 18.2 Å². The van der Waals surface area contributed by atoms with Crippen molar-refractivity contribution in [2.45, 2.75) is 56.0 Å². The van der Waals surface area contributed by atoms with Crippen LogP contribution in [0.3, 0.4) is 0 Å². The first kappa shape index (κ1) is 28.0. The normalized spacial score (nSPS) is 20.5. The summed E-state index contributed by atoms with van der Waals surface area (Å²) >= 11 is 0. The molecule has 1 aliphatic heterocycles. The predicted molar refractivity (Wildman–Crippen MR) is 137 cm³/mol. The van der Waals surface area contributed by atoms with E-state index in [1.54, 1.807) is 0 Å². The third-order valence-electron chi connectivity index (χ3n) is 7.13. The van der Waals surface area contributed by atoms with E-state index >= 15 is 4.39 Å². The molecule has 3 heterocycles. The number of rotatable bonds is 7. The zero-order valence-corrected chi connectivity index (χ0v) is 21.4. The summed E-state index contributed by atoms with van der Waals surface area (Å²) in [5, 5.41) is 22.6. The second kappa shape index (κ2) is 11.1.